The molecule has 4 rings (SSSR count). The average molecular weight is 389 g/mol. The Morgan fingerprint density at radius 1 is 1.26 bits per heavy atom. The van der Waals surface area contributed by atoms with E-state index in [0.717, 1.165) is 30.1 Å². The number of nitrogens with zero attached hydrogens (tertiary/aromatic N) is 7. The van der Waals surface area contributed by atoms with E-state index in [-0.39, 0.29) is 24.2 Å². The summed E-state index contributed by atoms with van der Waals surface area (Å²) in [6.07, 6.45) is 4.51. The zero-order valence-electron chi connectivity index (χ0n) is 15.5. The number of aryl methyl sites for hydroxylation is 2. The molecule has 0 radical (unpaired) electrons. The molecule has 2 fully saturated rings. The molecule has 0 N–H and O–H groups in total. The summed E-state index contributed by atoms with van der Waals surface area (Å²) in [5.41, 5.74) is 0. The zero-order chi connectivity index (χ0) is 19.0. The number of hydrogen-bond donors (Lipinski definition) is 0. The Bertz CT molecular complexity index is 840. The van der Waals surface area contributed by atoms with Crippen LogP contribution < -0.4 is 4.90 Å². The summed E-state index contributed by atoms with van der Waals surface area (Å²) in [4.78, 5) is 28.8. The molecule has 2 aliphatic heterocycles. The Balaban J connectivity index is 1.36. The van der Waals surface area contributed by atoms with Crippen LogP contribution in [0.25, 0.3) is 0 Å². The number of likely N-dealkylation sites (tertiary alicyclic amines) is 1. The predicted molar refractivity (Wildman–Crippen MR) is 99.3 cm³/mol. The number of amides is 2. The summed E-state index contributed by atoms with van der Waals surface area (Å²) in [6, 6.07) is 0. The van der Waals surface area contributed by atoms with Gasteiger partial charge in [0.05, 0.1) is 5.92 Å². The molecule has 2 aromatic rings. The van der Waals surface area contributed by atoms with E-state index in [4.69, 9.17) is 0 Å². The van der Waals surface area contributed by atoms with Gasteiger partial charge in [0.1, 0.15) is 17.2 Å². The van der Waals surface area contributed by atoms with E-state index in [1.807, 2.05) is 23.4 Å². The lowest BCUT2D eigenvalue weighted by atomic mass is 9.94. The van der Waals surface area contributed by atoms with Gasteiger partial charge in [-0.25, -0.2) is 0 Å². The van der Waals surface area contributed by atoms with Gasteiger partial charge in [0.25, 0.3) is 0 Å². The Hall–Kier alpha value is -2.36. The van der Waals surface area contributed by atoms with Crippen LogP contribution in [0.3, 0.4) is 0 Å². The molecule has 1 unspecified atom stereocenters. The smallest absolute Gasteiger partial charge is 0.229 e. The lowest BCUT2D eigenvalue weighted by Gasteiger charge is -2.33. The molecule has 0 saturated carbocycles. The number of hydrogen-bond acceptors (Lipinski definition) is 7. The molecule has 9 nitrogen and oxygen atoms in total. The lowest BCUT2D eigenvalue weighted by Crippen LogP contribution is -2.42. The van der Waals surface area contributed by atoms with Crippen LogP contribution in [0, 0.1) is 5.92 Å². The van der Waals surface area contributed by atoms with Gasteiger partial charge in [0.2, 0.25) is 16.9 Å². The molecule has 4 heterocycles. The standard InChI is InChI=1S/C17H23N7O2S/c1-3-13-19-21-17(27-13)24-9-12(8-14(24)25)16(26)23-6-4-11(5-7-23)15-20-18-10-22(15)2/h10-12H,3-9H2,1-2H3. The molecular formula is C17H23N7O2S. The first-order valence-electron chi connectivity index (χ1n) is 9.32. The molecule has 2 aliphatic rings. The minimum Gasteiger partial charge on any atom is -0.342 e. The van der Waals surface area contributed by atoms with E-state index in [9.17, 15) is 9.59 Å². The normalized spacial score (nSPS) is 21.3. The fourth-order valence-electron chi connectivity index (χ4n) is 3.83. The number of anilines is 1. The second kappa shape index (κ2) is 7.34. The van der Waals surface area contributed by atoms with Crippen LogP contribution in [-0.2, 0) is 23.1 Å². The van der Waals surface area contributed by atoms with Crippen molar-refractivity contribution in [3.8, 4) is 0 Å². The van der Waals surface area contributed by atoms with Crippen molar-refractivity contribution in [2.24, 2.45) is 13.0 Å². The predicted octanol–water partition coefficient (Wildman–Crippen LogP) is 0.988. The monoisotopic (exact) mass is 389 g/mol. The Kier molecular flexibility index (Phi) is 4.90. The Labute approximate surface area is 161 Å². The van der Waals surface area contributed by atoms with Gasteiger partial charge >= 0.3 is 0 Å². The summed E-state index contributed by atoms with van der Waals surface area (Å²) >= 11 is 1.43. The molecule has 10 heteroatoms. The Morgan fingerprint density at radius 2 is 2.04 bits per heavy atom. The number of aromatic nitrogens is 5. The SMILES string of the molecule is CCc1nnc(N2CC(C(=O)N3CCC(c4nncn4C)CC3)CC2=O)s1. The lowest BCUT2D eigenvalue weighted by molar-refractivity contribution is -0.136. The van der Waals surface area contributed by atoms with Gasteiger partial charge in [-0.3, -0.25) is 14.5 Å². The van der Waals surface area contributed by atoms with Crippen LogP contribution in [0.4, 0.5) is 5.13 Å². The molecule has 1 atom stereocenters. The number of rotatable bonds is 4. The van der Waals surface area contributed by atoms with E-state index in [1.54, 1.807) is 11.2 Å². The number of piperidine rings is 1. The van der Waals surface area contributed by atoms with E-state index < -0.39 is 0 Å². The average Bonchev–Trinajstić information content (AvgIpc) is 3.40. The van der Waals surface area contributed by atoms with Crippen molar-refractivity contribution in [3.05, 3.63) is 17.2 Å². The van der Waals surface area contributed by atoms with E-state index in [1.165, 1.54) is 11.3 Å². The highest BCUT2D eigenvalue weighted by Crippen LogP contribution is 2.31. The molecular weight excluding hydrogens is 366 g/mol. The van der Waals surface area contributed by atoms with Gasteiger partial charge < -0.3 is 9.47 Å². The van der Waals surface area contributed by atoms with Crippen molar-refractivity contribution in [1.82, 2.24) is 29.9 Å². The molecule has 0 bridgehead atoms. The topological polar surface area (TPSA) is 97.1 Å². The Morgan fingerprint density at radius 3 is 2.67 bits per heavy atom. The van der Waals surface area contributed by atoms with Crippen LogP contribution in [-0.4, -0.2) is 61.3 Å². The minimum atomic E-state index is -0.294. The van der Waals surface area contributed by atoms with Crippen LogP contribution in [0.15, 0.2) is 6.33 Å². The first-order chi connectivity index (χ1) is 13.1. The molecule has 2 aromatic heterocycles. The summed E-state index contributed by atoms with van der Waals surface area (Å²) in [5, 5.41) is 17.8. The van der Waals surface area contributed by atoms with Gasteiger partial charge in [-0.05, 0) is 19.3 Å². The van der Waals surface area contributed by atoms with E-state index >= 15 is 0 Å². The number of carbonyl (C=O) groups excluding carboxylic acids is 2. The van der Waals surface area contributed by atoms with Gasteiger partial charge in [-0.15, -0.1) is 20.4 Å². The van der Waals surface area contributed by atoms with Crippen molar-refractivity contribution >= 4 is 28.3 Å². The maximum atomic E-state index is 12.9. The van der Waals surface area contributed by atoms with E-state index in [2.05, 4.69) is 20.4 Å². The van der Waals surface area contributed by atoms with Gasteiger partial charge in [0.15, 0.2) is 0 Å². The van der Waals surface area contributed by atoms with Crippen molar-refractivity contribution in [2.45, 2.75) is 38.5 Å². The third-order valence-electron chi connectivity index (χ3n) is 5.38. The summed E-state index contributed by atoms with van der Waals surface area (Å²) in [7, 11) is 1.95. The maximum absolute atomic E-state index is 12.9. The van der Waals surface area contributed by atoms with Crippen LogP contribution in [0.5, 0.6) is 0 Å². The van der Waals surface area contributed by atoms with Crippen LogP contribution >= 0.6 is 11.3 Å². The van der Waals surface area contributed by atoms with Gasteiger partial charge in [0, 0.05) is 39.0 Å². The third-order valence-corrected chi connectivity index (χ3v) is 6.47. The molecule has 0 aliphatic carbocycles. The first kappa shape index (κ1) is 18.0. The van der Waals surface area contributed by atoms with Crippen molar-refractivity contribution in [2.75, 3.05) is 24.5 Å². The molecule has 27 heavy (non-hydrogen) atoms. The molecule has 2 saturated heterocycles. The quantitative estimate of drug-likeness (QED) is 0.773. The molecule has 144 valence electrons. The molecule has 2 amide bonds. The second-order valence-electron chi connectivity index (χ2n) is 7.14. The summed E-state index contributed by atoms with van der Waals surface area (Å²) in [5.74, 6) is 1.05. The highest BCUT2D eigenvalue weighted by atomic mass is 32.1. The summed E-state index contributed by atoms with van der Waals surface area (Å²) < 4.78 is 1.95. The fourth-order valence-corrected chi connectivity index (χ4v) is 4.64. The fraction of sp³-hybridized carbons (Fsp3) is 0.647. The largest absolute Gasteiger partial charge is 0.342 e. The minimum absolute atomic E-state index is 0.0406. The summed E-state index contributed by atoms with van der Waals surface area (Å²) in [6.45, 7) is 3.80. The zero-order valence-corrected chi connectivity index (χ0v) is 16.4. The van der Waals surface area contributed by atoms with Gasteiger partial charge in [-0.1, -0.05) is 18.3 Å². The molecule has 0 aromatic carbocycles. The highest BCUT2D eigenvalue weighted by Gasteiger charge is 2.39. The van der Waals surface area contributed by atoms with Crippen molar-refractivity contribution < 1.29 is 9.59 Å². The highest BCUT2D eigenvalue weighted by molar-refractivity contribution is 7.15. The van der Waals surface area contributed by atoms with Gasteiger partial charge in [-0.2, -0.15) is 0 Å². The third kappa shape index (κ3) is 3.45. The maximum Gasteiger partial charge on any atom is 0.229 e. The first-order valence-corrected chi connectivity index (χ1v) is 10.1. The second-order valence-corrected chi connectivity index (χ2v) is 8.18. The van der Waals surface area contributed by atoms with E-state index in [0.29, 0.717) is 30.7 Å². The van der Waals surface area contributed by atoms with Crippen molar-refractivity contribution in [1.29, 1.82) is 0 Å². The number of carbonyl (C=O) groups is 2. The molecule has 0 spiro atoms. The van der Waals surface area contributed by atoms with Crippen LogP contribution in [0.1, 0.15) is 42.9 Å². The van der Waals surface area contributed by atoms with Crippen LogP contribution in [0.2, 0.25) is 0 Å². The van der Waals surface area contributed by atoms with Crippen molar-refractivity contribution in [3.63, 3.8) is 0 Å².